The van der Waals surface area contributed by atoms with Crippen LogP contribution in [0.5, 0.6) is 5.75 Å². The molecule has 0 heterocycles. The van der Waals surface area contributed by atoms with Crippen LogP contribution in [0, 0.1) is 0 Å². The van der Waals surface area contributed by atoms with Crippen molar-refractivity contribution in [1.29, 1.82) is 0 Å². The van der Waals surface area contributed by atoms with Gasteiger partial charge in [-0.3, -0.25) is 9.59 Å². The van der Waals surface area contributed by atoms with Gasteiger partial charge in [-0.05, 0) is 6.92 Å². The third-order valence-corrected chi connectivity index (χ3v) is 1.48. The smallest absolute Gasteiger partial charge is 0.264 e. The number of hydrogen-bond acceptors (Lipinski definition) is 4. The lowest BCUT2D eigenvalue weighted by atomic mass is 10.3. The van der Waals surface area contributed by atoms with Crippen LogP contribution in [-0.4, -0.2) is 39.3 Å². The van der Waals surface area contributed by atoms with Crippen LogP contribution in [0.4, 0.5) is 0 Å². The fourth-order valence-electron chi connectivity index (χ4n) is 0.625. The lowest BCUT2D eigenvalue weighted by molar-refractivity contribution is -0.849. The minimum atomic E-state index is -0.599. The van der Waals surface area contributed by atoms with Crippen LogP contribution in [0.3, 0.4) is 0 Å². The van der Waals surface area contributed by atoms with E-state index >= 15 is 0 Å². The maximum atomic E-state index is 10.6. The van der Waals surface area contributed by atoms with Crippen molar-refractivity contribution in [2.45, 2.75) is 11.8 Å². The highest BCUT2D eigenvalue weighted by molar-refractivity contribution is 7.59. The average molecular weight is 231 g/mol. The monoisotopic (exact) mass is 231 g/mol. The summed E-state index contributed by atoms with van der Waals surface area (Å²) >= 11 is 4.54. The van der Waals surface area contributed by atoms with E-state index in [2.05, 4.69) is 40.8 Å². The molecule has 0 saturated heterocycles. The van der Waals surface area contributed by atoms with Crippen LogP contribution in [0.1, 0.15) is 6.92 Å². The highest BCUT2D eigenvalue weighted by Gasteiger charge is 2.11. The summed E-state index contributed by atoms with van der Waals surface area (Å²) < 4.78 is 5.78. The zero-order chi connectivity index (χ0) is 12.2. The molecule has 0 atom stereocenters. The van der Waals surface area contributed by atoms with Gasteiger partial charge in [-0.1, -0.05) is 4.90 Å². The van der Waals surface area contributed by atoms with Gasteiger partial charge in [0.05, 0.1) is 34.8 Å². The van der Waals surface area contributed by atoms with Crippen molar-refractivity contribution >= 4 is 12.6 Å². The van der Waals surface area contributed by atoms with E-state index in [0.717, 1.165) is 4.48 Å². The molecule has 0 fully saturated rings. The van der Waals surface area contributed by atoms with Crippen LogP contribution in [0.15, 0.2) is 14.5 Å². The van der Waals surface area contributed by atoms with E-state index in [1.54, 1.807) is 6.92 Å². The topological polar surface area (TPSA) is 43.4 Å². The predicted molar refractivity (Wildman–Crippen MR) is 62.1 cm³/mol. The number of nitrogens with zero attached hydrogens (tertiary/aromatic N) is 1. The first-order valence-corrected chi connectivity index (χ1v) is 5.01. The van der Waals surface area contributed by atoms with Gasteiger partial charge in [-0.25, -0.2) is 0 Å². The zero-order valence-corrected chi connectivity index (χ0v) is 10.6. The molecule has 0 aromatic heterocycles. The Hall–Kier alpha value is -0.940. The quantitative estimate of drug-likeness (QED) is 0.405. The number of ether oxygens (including phenoxy) is 1. The SMILES string of the molecule is CCOc1c([S-])c(=O)c1=O.C[N+](C)(C)C. The molecule has 0 amide bonds. The molecule has 0 N–H and O–H groups in total. The summed E-state index contributed by atoms with van der Waals surface area (Å²) in [4.78, 5) is 21.1. The van der Waals surface area contributed by atoms with E-state index in [0.29, 0.717) is 6.61 Å². The molecule has 86 valence electrons. The maximum Gasteiger partial charge on any atom is 0.264 e. The fraction of sp³-hybridized carbons (Fsp3) is 0.600. The molecule has 0 spiro atoms. The van der Waals surface area contributed by atoms with Gasteiger partial charge in [0.25, 0.3) is 5.43 Å². The first-order valence-electron chi connectivity index (χ1n) is 4.60. The summed E-state index contributed by atoms with van der Waals surface area (Å²) in [6.45, 7) is 2.10. The second kappa shape index (κ2) is 5.23. The number of rotatable bonds is 2. The van der Waals surface area contributed by atoms with Crippen molar-refractivity contribution < 1.29 is 9.22 Å². The molecule has 1 aromatic rings. The molecule has 0 bridgehead atoms. The van der Waals surface area contributed by atoms with E-state index in [1.807, 2.05) is 0 Å². The van der Waals surface area contributed by atoms with Crippen molar-refractivity contribution in [2.75, 3.05) is 34.8 Å². The molecular weight excluding hydrogens is 214 g/mol. The zero-order valence-electron chi connectivity index (χ0n) is 9.79. The van der Waals surface area contributed by atoms with Gasteiger partial charge in [0, 0.05) is 0 Å². The van der Waals surface area contributed by atoms with Crippen LogP contribution in [0.2, 0.25) is 0 Å². The summed E-state index contributed by atoms with van der Waals surface area (Å²) in [5.74, 6) is 0.0579. The van der Waals surface area contributed by atoms with Crippen molar-refractivity contribution in [3.63, 3.8) is 0 Å². The van der Waals surface area contributed by atoms with Gasteiger partial charge in [0.1, 0.15) is 0 Å². The predicted octanol–water partition coefficient (Wildman–Crippen LogP) is -0.0905. The molecule has 0 aliphatic carbocycles. The van der Waals surface area contributed by atoms with Crippen LogP contribution in [-0.2, 0) is 12.6 Å². The Morgan fingerprint density at radius 2 is 1.53 bits per heavy atom. The van der Waals surface area contributed by atoms with Gasteiger partial charge in [-0.2, -0.15) is 0 Å². The third kappa shape index (κ3) is 4.90. The van der Waals surface area contributed by atoms with Crippen molar-refractivity contribution in [3.8, 4) is 5.75 Å². The molecular formula is C10H17NO3S. The maximum absolute atomic E-state index is 10.6. The summed E-state index contributed by atoms with van der Waals surface area (Å²) in [6, 6.07) is 0. The van der Waals surface area contributed by atoms with E-state index in [1.165, 1.54) is 0 Å². The minimum absolute atomic E-state index is 0.0341. The van der Waals surface area contributed by atoms with Crippen LogP contribution < -0.4 is 15.6 Å². The third-order valence-electron chi connectivity index (χ3n) is 1.11. The lowest BCUT2D eigenvalue weighted by Crippen LogP contribution is -2.34. The van der Waals surface area contributed by atoms with Crippen molar-refractivity contribution in [3.05, 3.63) is 20.4 Å². The Balaban J connectivity index is 0.000000336. The normalized spacial score (nSPS) is 10.7. The Kier molecular flexibility index (Phi) is 4.90. The van der Waals surface area contributed by atoms with E-state index < -0.39 is 10.9 Å². The molecule has 4 nitrogen and oxygen atoms in total. The average Bonchev–Trinajstić information content (AvgIpc) is 2.09. The second-order valence-corrected chi connectivity index (χ2v) is 4.84. The summed E-state index contributed by atoms with van der Waals surface area (Å²) in [5, 5.41) is 0. The minimum Gasteiger partial charge on any atom is -0.772 e. The standard InChI is InChI=1S/C6H6O3S.C4H12N/c1-2-9-5-3(7)4(8)6(5)10;1-5(2,3)4/h10H,2H2,1H3;1-4H3/q;+1/p-1. The molecule has 15 heavy (non-hydrogen) atoms. The van der Waals surface area contributed by atoms with E-state index in [-0.39, 0.29) is 10.6 Å². The summed E-state index contributed by atoms with van der Waals surface area (Å²) in [7, 11) is 8.50. The van der Waals surface area contributed by atoms with Gasteiger partial charge in [-0.15, -0.1) is 0 Å². The molecule has 0 aliphatic heterocycles. The summed E-state index contributed by atoms with van der Waals surface area (Å²) in [6.07, 6.45) is 0. The van der Waals surface area contributed by atoms with Crippen LogP contribution >= 0.6 is 0 Å². The Morgan fingerprint density at radius 3 is 1.80 bits per heavy atom. The Labute approximate surface area is 95.2 Å². The van der Waals surface area contributed by atoms with Crippen molar-refractivity contribution in [1.82, 2.24) is 0 Å². The highest BCUT2D eigenvalue weighted by Crippen LogP contribution is 2.08. The number of quaternary nitrogens is 1. The van der Waals surface area contributed by atoms with Gasteiger partial charge in [0.2, 0.25) is 5.43 Å². The van der Waals surface area contributed by atoms with Gasteiger partial charge < -0.3 is 21.8 Å². The van der Waals surface area contributed by atoms with Gasteiger partial charge in [0.15, 0.2) is 5.75 Å². The Bertz CT molecular complexity index is 380. The molecule has 0 radical (unpaired) electrons. The summed E-state index contributed by atoms with van der Waals surface area (Å²) in [5.41, 5.74) is -1.19. The Morgan fingerprint density at radius 1 is 1.13 bits per heavy atom. The van der Waals surface area contributed by atoms with Gasteiger partial charge >= 0.3 is 0 Å². The fourth-order valence-corrected chi connectivity index (χ4v) is 0.870. The van der Waals surface area contributed by atoms with Crippen LogP contribution in [0.25, 0.3) is 0 Å². The molecule has 0 unspecified atom stereocenters. The van der Waals surface area contributed by atoms with E-state index in [9.17, 15) is 9.59 Å². The van der Waals surface area contributed by atoms with Crippen molar-refractivity contribution in [2.24, 2.45) is 0 Å². The second-order valence-electron chi connectivity index (χ2n) is 4.43. The van der Waals surface area contributed by atoms with E-state index in [4.69, 9.17) is 4.74 Å². The molecule has 0 aliphatic rings. The first kappa shape index (κ1) is 14.1. The highest BCUT2D eigenvalue weighted by atomic mass is 32.1. The molecule has 1 aromatic carbocycles. The molecule has 1 rings (SSSR count). The first-order chi connectivity index (χ1) is 6.68. The molecule has 0 saturated carbocycles. The largest absolute Gasteiger partial charge is 0.772 e. The number of hydrogen-bond donors (Lipinski definition) is 0. The lowest BCUT2D eigenvalue weighted by Gasteiger charge is -2.14. The molecule has 5 heteroatoms.